The van der Waals surface area contributed by atoms with Crippen molar-refractivity contribution in [3.05, 3.63) is 95.6 Å². The largest absolute Gasteiger partial charge is 0.348 e. The van der Waals surface area contributed by atoms with Crippen LogP contribution >= 0.6 is 0 Å². The van der Waals surface area contributed by atoms with Gasteiger partial charge in [0, 0.05) is 30.2 Å². The number of aromatic nitrogens is 1. The van der Waals surface area contributed by atoms with E-state index in [1.54, 1.807) is 54.9 Å². The fraction of sp³-hybridized carbons (Fsp3) is 0.0500. The fourth-order valence-electron chi connectivity index (χ4n) is 2.38. The second kappa shape index (κ2) is 8.02. The Morgan fingerprint density at radius 1 is 0.923 bits per heavy atom. The molecule has 0 saturated carbocycles. The molecule has 130 valence electrons. The van der Waals surface area contributed by atoms with E-state index >= 15 is 0 Å². The molecule has 26 heavy (non-hydrogen) atoms. The van der Waals surface area contributed by atoms with E-state index in [0.29, 0.717) is 11.3 Å². The average Bonchev–Trinajstić information content (AvgIpc) is 2.67. The van der Waals surface area contributed by atoms with Gasteiger partial charge in [0.2, 0.25) is 0 Å². The molecule has 0 spiro atoms. The van der Waals surface area contributed by atoms with E-state index in [9.17, 15) is 14.0 Å². The fourth-order valence-corrected chi connectivity index (χ4v) is 2.38. The van der Waals surface area contributed by atoms with Crippen molar-refractivity contribution >= 4 is 17.5 Å². The van der Waals surface area contributed by atoms with Gasteiger partial charge in [-0.05, 0) is 42.0 Å². The molecule has 0 fully saturated rings. The third-order valence-electron chi connectivity index (χ3n) is 3.70. The summed E-state index contributed by atoms with van der Waals surface area (Å²) in [6.07, 6.45) is 3.18. The van der Waals surface area contributed by atoms with Crippen molar-refractivity contribution in [1.29, 1.82) is 0 Å². The van der Waals surface area contributed by atoms with Gasteiger partial charge < -0.3 is 10.6 Å². The molecule has 0 aliphatic heterocycles. The predicted molar refractivity (Wildman–Crippen MR) is 96.2 cm³/mol. The van der Waals surface area contributed by atoms with Gasteiger partial charge in [-0.25, -0.2) is 4.39 Å². The SMILES string of the molecule is O=C(Nc1ccncc1)c1cccc(CNC(=O)c2ccccc2F)c1. The van der Waals surface area contributed by atoms with Gasteiger partial charge in [-0.2, -0.15) is 0 Å². The summed E-state index contributed by atoms with van der Waals surface area (Å²) in [5.41, 5.74) is 1.82. The summed E-state index contributed by atoms with van der Waals surface area (Å²) in [4.78, 5) is 28.3. The summed E-state index contributed by atoms with van der Waals surface area (Å²) >= 11 is 0. The Morgan fingerprint density at radius 2 is 1.69 bits per heavy atom. The molecule has 0 bridgehead atoms. The van der Waals surface area contributed by atoms with Gasteiger partial charge in [0.25, 0.3) is 11.8 Å². The minimum Gasteiger partial charge on any atom is -0.348 e. The number of carbonyl (C=O) groups is 2. The average molecular weight is 349 g/mol. The molecule has 1 aromatic heterocycles. The maximum absolute atomic E-state index is 13.6. The summed E-state index contributed by atoms with van der Waals surface area (Å²) in [6.45, 7) is 0.184. The molecule has 2 N–H and O–H groups in total. The maximum atomic E-state index is 13.6. The predicted octanol–water partition coefficient (Wildman–Crippen LogP) is 3.40. The molecule has 0 aliphatic carbocycles. The molecule has 0 radical (unpaired) electrons. The lowest BCUT2D eigenvalue weighted by molar-refractivity contribution is 0.0946. The molecule has 3 rings (SSSR count). The number of nitrogens with zero attached hydrogens (tertiary/aromatic N) is 1. The van der Waals surface area contributed by atoms with Gasteiger partial charge in [-0.3, -0.25) is 14.6 Å². The highest BCUT2D eigenvalue weighted by Gasteiger charge is 2.11. The zero-order valence-electron chi connectivity index (χ0n) is 13.8. The Labute approximate surface area is 149 Å². The van der Waals surface area contributed by atoms with Crippen molar-refractivity contribution < 1.29 is 14.0 Å². The quantitative estimate of drug-likeness (QED) is 0.742. The molecule has 0 aliphatic rings. The van der Waals surface area contributed by atoms with E-state index in [4.69, 9.17) is 0 Å². The van der Waals surface area contributed by atoms with E-state index in [1.807, 2.05) is 0 Å². The van der Waals surface area contributed by atoms with Crippen LogP contribution in [0, 0.1) is 5.82 Å². The number of carbonyl (C=O) groups excluding carboxylic acids is 2. The zero-order valence-corrected chi connectivity index (χ0v) is 13.8. The van der Waals surface area contributed by atoms with Crippen LogP contribution in [0.25, 0.3) is 0 Å². The minimum atomic E-state index is -0.574. The maximum Gasteiger partial charge on any atom is 0.255 e. The second-order valence-corrected chi connectivity index (χ2v) is 5.55. The van der Waals surface area contributed by atoms with Crippen molar-refractivity contribution in [2.45, 2.75) is 6.54 Å². The molecular formula is C20H16FN3O2. The highest BCUT2D eigenvalue weighted by atomic mass is 19.1. The summed E-state index contributed by atoms with van der Waals surface area (Å²) in [5.74, 6) is -1.34. The van der Waals surface area contributed by atoms with E-state index in [2.05, 4.69) is 15.6 Å². The van der Waals surface area contributed by atoms with Crippen molar-refractivity contribution in [1.82, 2.24) is 10.3 Å². The lowest BCUT2D eigenvalue weighted by Crippen LogP contribution is -2.24. The smallest absolute Gasteiger partial charge is 0.255 e. The highest BCUT2D eigenvalue weighted by molar-refractivity contribution is 6.04. The molecule has 5 nitrogen and oxygen atoms in total. The normalized spacial score (nSPS) is 10.2. The Morgan fingerprint density at radius 3 is 2.46 bits per heavy atom. The van der Waals surface area contributed by atoms with Gasteiger partial charge >= 0.3 is 0 Å². The molecule has 0 unspecified atom stereocenters. The molecule has 6 heteroatoms. The Balaban J connectivity index is 1.65. The molecule has 2 aromatic carbocycles. The number of hydrogen-bond donors (Lipinski definition) is 2. The zero-order chi connectivity index (χ0) is 18.4. The molecular weight excluding hydrogens is 333 g/mol. The molecule has 3 aromatic rings. The summed E-state index contributed by atoms with van der Waals surface area (Å²) in [5, 5.41) is 5.42. The number of halogens is 1. The highest BCUT2D eigenvalue weighted by Crippen LogP contribution is 2.11. The molecule has 0 atom stereocenters. The van der Waals surface area contributed by atoms with Crippen molar-refractivity contribution in [2.75, 3.05) is 5.32 Å². The van der Waals surface area contributed by atoms with Crippen LogP contribution in [0.2, 0.25) is 0 Å². The van der Waals surface area contributed by atoms with Gasteiger partial charge in [0.15, 0.2) is 0 Å². The number of benzene rings is 2. The second-order valence-electron chi connectivity index (χ2n) is 5.55. The van der Waals surface area contributed by atoms with Gasteiger partial charge in [-0.1, -0.05) is 24.3 Å². The number of amides is 2. The van der Waals surface area contributed by atoms with Crippen LogP contribution in [-0.4, -0.2) is 16.8 Å². The Bertz CT molecular complexity index is 929. The van der Waals surface area contributed by atoms with Crippen LogP contribution < -0.4 is 10.6 Å². The minimum absolute atomic E-state index is 0.0147. The topological polar surface area (TPSA) is 71.1 Å². The van der Waals surface area contributed by atoms with Gasteiger partial charge in [0.1, 0.15) is 5.82 Å². The standard InChI is InChI=1S/C20H16FN3O2/c21-18-7-2-1-6-17(18)20(26)23-13-14-4-3-5-15(12-14)19(25)24-16-8-10-22-11-9-16/h1-12H,13H2,(H,23,26)(H,22,24,25). The van der Waals surface area contributed by atoms with Crippen LogP contribution in [0.4, 0.5) is 10.1 Å². The third kappa shape index (κ3) is 4.30. The van der Waals surface area contributed by atoms with Gasteiger partial charge in [-0.15, -0.1) is 0 Å². The summed E-state index contributed by atoms with van der Waals surface area (Å²) < 4.78 is 13.6. The van der Waals surface area contributed by atoms with Crippen LogP contribution in [-0.2, 0) is 6.54 Å². The first-order valence-electron chi connectivity index (χ1n) is 7.96. The summed E-state index contributed by atoms with van der Waals surface area (Å²) in [6, 6.07) is 16.0. The number of pyridine rings is 1. The van der Waals surface area contributed by atoms with Crippen LogP contribution in [0.1, 0.15) is 26.3 Å². The Hall–Kier alpha value is -3.54. The number of anilines is 1. The van der Waals surface area contributed by atoms with Crippen LogP contribution in [0.15, 0.2) is 73.1 Å². The number of hydrogen-bond acceptors (Lipinski definition) is 3. The number of nitrogens with one attached hydrogen (secondary N) is 2. The first-order valence-corrected chi connectivity index (χ1v) is 7.96. The molecule has 0 saturated heterocycles. The van der Waals surface area contributed by atoms with E-state index < -0.39 is 11.7 Å². The van der Waals surface area contributed by atoms with Gasteiger partial charge in [0.05, 0.1) is 5.56 Å². The van der Waals surface area contributed by atoms with E-state index in [1.165, 1.54) is 18.2 Å². The lowest BCUT2D eigenvalue weighted by atomic mass is 10.1. The molecule has 1 heterocycles. The van der Waals surface area contributed by atoms with E-state index in [-0.39, 0.29) is 18.0 Å². The van der Waals surface area contributed by atoms with Crippen molar-refractivity contribution in [2.24, 2.45) is 0 Å². The van der Waals surface area contributed by atoms with Crippen molar-refractivity contribution in [3.8, 4) is 0 Å². The first-order chi connectivity index (χ1) is 12.6. The van der Waals surface area contributed by atoms with Crippen LogP contribution in [0.3, 0.4) is 0 Å². The lowest BCUT2D eigenvalue weighted by Gasteiger charge is -2.09. The third-order valence-corrected chi connectivity index (χ3v) is 3.70. The summed E-state index contributed by atoms with van der Waals surface area (Å²) in [7, 11) is 0. The Kier molecular flexibility index (Phi) is 5.34. The number of rotatable bonds is 5. The first kappa shape index (κ1) is 17.3. The molecule has 2 amide bonds. The monoisotopic (exact) mass is 349 g/mol. The van der Waals surface area contributed by atoms with Crippen molar-refractivity contribution in [3.63, 3.8) is 0 Å². The van der Waals surface area contributed by atoms with E-state index in [0.717, 1.165) is 5.56 Å². The van der Waals surface area contributed by atoms with Crippen LogP contribution in [0.5, 0.6) is 0 Å².